The van der Waals surface area contributed by atoms with Crippen molar-refractivity contribution in [2.75, 3.05) is 0 Å². The Morgan fingerprint density at radius 2 is 1.70 bits per heavy atom. The van der Waals surface area contributed by atoms with Gasteiger partial charge in [-0.2, -0.15) is 5.10 Å². The Kier molecular flexibility index (Phi) is 6.14. The number of aryl methyl sites for hydroxylation is 4. The van der Waals surface area contributed by atoms with Gasteiger partial charge in [-0.05, 0) is 62.6 Å². The molecule has 2 heterocycles. The van der Waals surface area contributed by atoms with Gasteiger partial charge in [0.05, 0.1) is 11.4 Å². The standard InChI is InChI=1S/C26H27FN4O2/c1-16-5-11-21(12-6-16)31-25-24(18(3)29-31)17(2)22(26(33)30(25)4)13-14-23(32)28-15-19-7-9-20(27)10-8-19/h5-12H,13-15H2,1-4H3,(H,28,32). The normalized spacial score (nSPS) is 11.2. The summed E-state index contributed by atoms with van der Waals surface area (Å²) in [7, 11) is 1.74. The summed E-state index contributed by atoms with van der Waals surface area (Å²) in [5.41, 5.74) is 5.78. The van der Waals surface area contributed by atoms with E-state index in [1.165, 1.54) is 12.1 Å². The number of rotatable bonds is 6. The molecule has 0 unspecified atom stereocenters. The zero-order chi connectivity index (χ0) is 23.7. The van der Waals surface area contributed by atoms with E-state index in [2.05, 4.69) is 5.32 Å². The topological polar surface area (TPSA) is 68.9 Å². The third kappa shape index (κ3) is 4.44. The number of carbonyl (C=O) groups is 1. The molecule has 0 bridgehead atoms. The van der Waals surface area contributed by atoms with Crippen molar-refractivity contribution in [3.05, 3.63) is 92.6 Å². The van der Waals surface area contributed by atoms with Crippen molar-refractivity contribution in [3.63, 3.8) is 0 Å². The minimum absolute atomic E-state index is 0.125. The number of fused-ring (bicyclic) bond motifs is 1. The summed E-state index contributed by atoms with van der Waals surface area (Å²) in [6.45, 7) is 6.20. The Morgan fingerprint density at radius 3 is 2.36 bits per heavy atom. The fourth-order valence-corrected chi connectivity index (χ4v) is 4.16. The molecular formula is C26H27FN4O2. The molecular weight excluding hydrogens is 419 g/mol. The zero-order valence-electron chi connectivity index (χ0n) is 19.3. The number of nitrogens with one attached hydrogen (secondary N) is 1. The number of hydrogen-bond acceptors (Lipinski definition) is 3. The molecule has 6 nitrogen and oxygen atoms in total. The number of nitrogens with zero attached hydrogens (tertiary/aromatic N) is 3. The molecule has 0 atom stereocenters. The van der Waals surface area contributed by atoms with Crippen LogP contribution in [0.4, 0.5) is 4.39 Å². The van der Waals surface area contributed by atoms with Gasteiger partial charge in [0.2, 0.25) is 5.91 Å². The highest BCUT2D eigenvalue weighted by Crippen LogP contribution is 2.26. The first-order valence-electron chi connectivity index (χ1n) is 10.9. The van der Waals surface area contributed by atoms with Gasteiger partial charge in [-0.1, -0.05) is 29.8 Å². The summed E-state index contributed by atoms with van der Waals surface area (Å²) in [4.78, 5) is 25.6. The smallest absolute Gasteiger partial charge is 0.255 e. The second kappa shape index (κ2) is 9.02. The minimum atomic E-state index is -0.312. The minimum Gasteiger partial charge on any atom is -0.352 e. The highest BCUT2D eigenvalue weighted by molar-refractivity contribution is 5.85. The monoisotopic (exact) mass is 446 g/mol. The summed E-state index contributed by atoms with van der Waals surface area (Å²) in [5, 5.41) is 8.47. The molecule has 33 heavy (non-hydrogen) atoms. The molecule has 0 aliphatic heterocycles. The highest BCUT2D eigenvalue weighted by atomic mass is 19.1. The zero-order valence-corrected chi connectivity index (χ0v) is 19.3. The molecule has 7 heteroatoms. The average molecular weight is 447 g/mol. The van der Waals surface area contributed by atoms with E-state index in [9.17, 15) is 14.0 Å². The predicted molar refractivity (Wildman–Crippen MR) is 127 cm³/mol. The Bertz CT molecular complexity index is 1380. The Balaban J connectivity index is 1.59. The summed E-state index contributed by atoms with van der Waals surface area (Å²) in [6, 6.07) is 14.0. The molecule has 1 N–H and O–H groups in total. The van der Waals surface area contributed by atoms with E-state index in [0.717, 1.165) is 39.1 Å². The van der Waals surface area contributed by atoms with Crippen LogP contribution in [0.1, 0.15) is 34.4 Å². The first-order chi connectivity index (χ1) is 15.8. The van der Waals surface area contributed by atoms with E-state index < -0.39 is 0 Å². The molecule has 2 aromatic heterocycles. The van der Waals surface area contributed by atoms with Crippen molar-refractivity contribution in [3.8, 4) is 5.69 Å². The van der Waals surface area contributed by atoms with Crippen LogP contribution in [0.5, 0.6) is 0 Å². The van der Waals surface area contributed by atoms with Crippen molar-refractivity contribution >= 4 is 16.9 Å². The maximum absolute atomic E-state index is 13.2. The van der Waals surface area contributed by atoms with E-state index in [1.807, 2.05) is 45.0 Å². The van der Waals surface area contributed by atoms with Crippen molar-refractivity contribution in [1.29, 1.82) is 0 Å². The summed E-state index contributed by atoms with van der Waals surface area (Å²) < 4.78 is 16.5. The van der Waals surface area contributed by atoms with Crippen molar-refractivity contribution < 1.29 is 9.18 Å². The number of pyridine rings is 1. The number of aromatic nitrogens is 3. The maximum atomic E-state index is 13.2. The van der Waals surface area contributed by atoms with Crippen molar-refractivity contribution in [1.82, 2.24) is 19.7 Å². The van der Waals surface area contributed by atoms with Crippen LogP contribution < -0.4 is 10.9 Å². The number of halogens is 1. The van der Waals surface area contributed by atoms with E-state index in [1.54, 1.807) is 28.4 Å². The van der Waals surface area contributed by atoms with Crippen LogP contribution in [-0.2, 0) is 24.8 Å². The Hall–Kier alpha value is -3.74. The molecule has 2 aromatic carbocycles. The van der Waals surface area contributed by atoms with Gasteiger partial charge in [0.15, 0.2) is 0 Å². The SMILES string of the molecule is Cc1ccc(-n2nc(C)c3c(C)c(CCC(=O)NCc4ccc(F)cc4)c(=O)n(C)c32)cc1. The second-order valence-corrected chi connectivity index (χ2v) is 8.40. The average Bonchev–Trinajstić information content (AvgIpc) is 3.15. The molecule has 0 fully saturated rings. The number of benzene rings is 2. The summed E-state index contributed by atoms with van der Waals surface area (Å²) in [5.74, 6) is -0.472. The van der Waals surface area contributed by atoms with E-state index in [0.29, 0.717) is 18.5 Å². The van der Waals surface area contributed by atoms with Crippen LogP contribution in [0.15, 0.2) is 53.3 Å². The second-order valence-electron chi connectivity index (χ2n) is 8.40. The molecule has 1 amide bonds. The quantitative estimate of drug-likeness (QED) is 0.486. The van der Waals surface area contributed by atoms with E-state index in [-0.39, 0.29) is 23.7 Å². The third-order valence-corrected chi connectivity index (χ3v) is 6.03. The van der Waals surface area contributed by atoms with E-state index >= 15 is 0 Å². The Labute approximate surface area is 191 Å². The van der Waals surface area contributed by atoms with Crippen molar-refractivity contribution in [2.24, 2.45) is 7.05 Å². The first-order valence-corrected chi connectivity index (χ1v) is 10.9. The molecule has 0 aliphatic rings. The van der Waals surface area contributed by atoms with Crippen LogP contribution in [-0.4, -0.2) is 20.3 Å². The maximum Gasteiger partial charge on any atom is 0.255 e. The summed E-state index contributed by atoms with van der Waals surface area (Å²) >= 11 is 0. The lowest BCUT2D eigenvalue weighted by Gasteiger charge is -2.13. The van der Waals surface area contributed by atoms with Gasteiger partial charge in [-0.3, -0.25) is 14.2 Å². The lowest BCUT2D eigenvalue weighted by atomic mass is 10.0. The van der Waals surface area contributed by atoms with Crippen molar-refractivity contribution in [2.45, 2.75) is 40.2 Å². The lowest BCUT2D eigenvalue weighted by Crippen LogP contribution is -2.27. The molecule has 0 aliphatic carbocycles. The van der Waals surface area contributed by atoms with Gasteiger partial charge in [-0.15, -0.1) is 0 Å². The Morgan fingerprint density at radius 1 is 1.03 bits per heavy atom. The molecule has 0 radical (unpaired) electrons. The van der Waals surface area contributed by atoms with Crippen LogP contribution in [0.2, 0.25) is 0 Å². The molecule has 0 spiro atoms. The molecule has 170 valence electrons. The number of amides is 1. The molecule has 4 aromatic rings. The highest BCUT2D eigenvalue weighted by Gasteiger charge is 2.20. The molecule has 0 saturated heterocycles. The first kappa shape index (κ1) is 22.5. The molecule has 4 rings (SSSR count). The van der Waals surface area contributed by atoms with Crippen LogP contribution in [0.3, 0.4) is 0 Å². The molecule has 0 saturated carbocycles. The van der Waals surface area contributed by atoms with E-state index in [4.69, 9.17) is 5.10 Å². The lowest BCUT2D eigenvalue weighted by molar-refractivity contribution is -0.121. The number of hydrogen-bond donors (Lipinski definition) is 1. The van der Waals surface area contributed by atoms with Gasteiger partial charge in [-0.25, -0.2) is 9.07 Å². The van der Waals surface area contributed by atoms with Gasteiger partial charge in [0.25, 0.3) is 5.56 Å². The van der Waals surface area contributed by atoms with Gasteiger partial charge in [0.1, 0.15) is 11.5 Å². The summed E-state index contributed by atoms with van der Waals surface area (Å²) in [6.07, 6.45) is 0.521. The van der Waals surface area contributed by atoms with Gasteiger partial charge >= 0.3 is 0 Å². The largest absolute Gasteiger partial charge is 0.352 e. The fourth-order valence-electron chi connectivity index (χ4n) is 4.16. The van der Waals surface area contributed by atoms with Crippen LogP contribution >= 0.6 is 0 Å². The van der Waals surface area contributed by atoms with Gasteiger partial charge in [0, 0.05) is 31.0 Å². The number of carbonyl (C=O) groups excluding carboxylic acids is 1. The van der Waals surface area contributed by atoms with Crippen LogP contribution in [0, 0.1) is 26.6 Å². The third-order valence-electron chi connectivity index (χ3n) is 6.03. The van der Waals surface area contributed by atoms with Gasteiger partial charge < -0.3 is 5.32 Å². The predicted octanol–water partition coefficient (Wildman–Crippen LogP) is 4.04. The fraction of sp³-hybridized carbons (Fsp3) is 0.269. The van der Waals surface area contributed by atoms with Crippen LogP contribution in [0.25, 0.3) is 16.7 Å².